The first kappa shape index (κ1) is 16.5. The average Bonchev–Trinajstić information content (AvgIpc) is 2.40. The third-order valence-electron chi connectivity index (χ3n) is 2.84. The van der Waals surface area contributed by atoms with Gasteiger partial charge < -0.3 is 14.8 Å². The van der Waals surface area contributed by atoms with E-state index < -0.39 is 6.10 Å². The van der Waals surface area contributed by atoms with E-state index in [2.05, 4.69) is 5.32 Å². The molecule has 0 aliphatic rings. The first-order valence-corrected chi connectivity index (χ1v) is 7.12. The van der Waals surface area contributed by atoms with Crippen LogP contribution >= 0.6 is 0 Å². The van der Waals surface area contributed by atoms with Gasteiger partial charge in [-0.05, 0) is 45.7 Å². The Balaban J connectivity index is 2.28. The molecule has 20 heavy (non-hydrogen) atoms. The zero-order chi connectivity index (χ0) is 15.0. The van der Waals surface area contributed by atoms with Crippen molar-refractivity contribution < 1.29 is 14.3 Å². The summed E-state index contributed by atoms with van der Waals surface area (Å²) in [4.78, 5) is 11.9. The highest BCUT2D eigenvalue weighted by Gasteiger charge is 2.14. The molecule has 0 aromatic heterocycles. The van der Waals surface area contributed by atoms with Crippen molar-refractivity contribution in [2.45, 2.75) is 46.3 Å². The lowest BCUT2D eigenvalue weighted by molar-refractivity contribution is -0.127. The van der Waals surface area contributed by atoms with Crippen molar-refractivity contribution in [3.8, 4) is 5.75 Å². The Morgan fingerprint density at radius 3 is 2.60 bits per heavy atom. The molecule has 112 valence electrons. The van der Waals surface area contributed by atoms with Crippen LogP contribution in [0.2, 0.25) is 0 Å². The molecule has 1 amide bonds. The molecule has 0 saturated carbocycles. The first-order chi connectivity index (χ1) is 9.50. The summed E-state index contributed by atoms with van der Waals surface area (Å²) >= 11 is 0. The number of ether oxygens (including phenoxy) is 2. The summed E-state index contributed by atoms with van der Waals surface area (Å²) in [6.07, 6.45) is 0.539. The Morgan fingerprint density at radius 1 is 1.25 bits per heavy atom. The predicted octanol–water partition coefficient (Wildman–Crippen LogP) is 2.69. The summed E-state index contributed by atoms with van der Waals surface area (Å²) in [6, 6.07) is 7.68. The van der Waals surface area contributed by atoms with E-state index in [-0.39, 0.29) is 12.0 Å². The molecule has 0 heterocycles. The maximum Gasteiger partial charge on any atom is 0.260 e. The number of hydrogen-bond donors (Lipinski definition) is 1. The van der Waals surface area contributed by atoms with Gasteiger partial charge in [-0.3, -0.25) is 4.79 Å². The Morgan fingerprint density at radius 2 is 1.95 bits per heavy atom. The van der Waals surface area contributed by atoms with E-state index in [1.807, 2.05) is 45.0 Å². The van der Waals surface area contributed by atoms with Gasteiger partial charge in [-0.25, -0.2) is 0 Å². The fourth-order valence-corrected chi connectivity index (χ4v) is 1.68. The molecule has 0 unspecified atom stereocenters. The molecule has 1 aromatic rings. The molecule has 1 N–H and O–H groups in total. The summed E-state index contributed by atoms with van der Waals surface area (Å²) in [5, 5.41) is 2.85. The van der Waals surface area contributed by atoms with Crippen molar-refractivity contribution in [2.24, 2.45) is 0 Å². The Kier molecular flexibility index (Phi) is 7.09. The van der Waals surface area contributed by atoms with Crippen molar-refractivity contribution in [2.75, 3.05) is 13.2 Å². The largest absolute Gasteiger partial charge is 0.481 e. The van der Waals surface area contributed by atoms with Crippen molar-refractivity contribution in [3.63, 3.8) is 0 Å². The number of hydrogen-bond acceptors (Lipinski definition) is 3. The zero-order valence-corrected chi connectivity index (χ0v) is 12.8. The SMILES string of the molecule is Cc1ccccc1O[C@H](C)C(=O)NCCCOC(C)C. The molecule has 0 spiro atoms. The standard InChI is InChI=1S/C16H25NO3/c1-12(2)19-11-7-10-17-16(18)14(4)20-15-9-6-5-8-13(15)3/h5-6,8-9,12,14H,7,10-11H2,1-4H3,(H,17,18)/t14-/m1/s1. The molecule has 4 heteroatoms. The van der Waals surface area contributed by atoms with E-state index in [1.165, 1.54) is 0 Å². The van der Waals surface area contributed by atoms with Gasteiger partial charge in [0.05, 0.1) is 6.10 Å². The van der Waals surface area contributed by atoms with E-state index in [0.29, 0.717) is 13.2 Å². The van der Waals surface area contributed by atoms with Crippen molar-refractivity contribution in [1.29, 1.82) is 0 Å². The van der Waals surface area contributed by atoms with Crippen LogP contribution in [0.5, 0.6) is 5.75 Å². The van der Waals surface area contributed by atoms with Gasteiger partial charge in [-0.2, -0.15) is 0 Å². The Hall–Kier alpha value is -1.55. The first-order valence-electron chi connectivity index (χ1n) is 7.12. The second kappa shape index (κ2) is 8.59. The fourth-order valence-electron chi connectivity index (χ4n) is 1.68. The third kappa shape index (κ3) is 6.06. The van der Waals surface area contributed by atoms with E-state index in [9.17, 15) is 4.79 Å². The van der Waals surface area contributed by atoms with Gasteiger partial charge in [-0.15, -0.1) is 0 Å². The summed E-state index contributed by atoms with van der Waals surface area (Å²) in [5.41, 5.74) is 1.03. The molecule has 0 fully saturated rings. The van der Waals surface area contributed by atoms with Crippen molar-refractivity contribution in [3.05, 3.63) is 29.8 Å². The molecule has 0 radical (unpaired) electrons. The fraction of sp³-hybridized carbons (Fsp3) is 0.562. The van der Waals surface area contributed by atoms with Crippen LogP contribution in [0.4, 0.5) is 0 Å². The second-order valence-electron chi connectivity index (χ2n) is 5.09. The number of carbonyl (C=O) groups is 1. The molecule has 0 aliphatic carbocycles. The lowest BCUT2D eigenvalue weighted by Gasteiger charge is -2.16. The number of nitrogens with one attached hydrogen (secondary N) is 1. The number of amides is 1. The van der Waals surface area contributed by atoms with Crippen LogP contribution in [0.3, 0.4) is 0 Å². The smallest absolute Gasteiger partial charge is 0.260 e. The average molecular weight is 279 g/mol. The van der Waals surface area contributed by atoms with Crippen LogP contribution in [0, 0.1) is 6.92 Å². The molecule has 1 rings (SSSR count). The highest BCUT2D eigenvalue weighted by molar-refractivity contribution is 5.80. The van der Waals surface area contributed by atoms with Gasteiger partial charge in [0.1, 0.15) is 5.75 Å². The predicted molar refractivity (Wildman–Crippen MR) is 80.0 cm³/mol. The Bertz CT molecular complexity index is 418. The molecule has 1 atom stereocenters. The maximum atomic E-state index is 11.9. The minimum absolute atomic E-state index is 0.0993. The van der Waals surface area contributed by atoms with E-state index in [0.717, 1.165) is 17.7 Å². The molecule has 0 aliphatic heterocycles. The number of carbonyl (C=O) groups excluding carboxylic acids is 1. The maximum absolute atomic E-state index is 11.9. The highest BCUT2D eigenvalue weighted by Crippen LogP contribution is 2.17. The lowest BCUT2D eigenvalue weighted by Crippen LogP contribution is -2.37. The van der Waals surface area contributed by atoms with Gasteiger partial charge in [-0.1, -0.05) is 18.2 Å². The van der Waals surface area contributed by atoms with Gasteiger partial charge in [0.2, 0.25) is 0 Å². The monoisotopic (exact) mass is 279 g/mol. The highest BCUT2D eigenvalue weighted by atomic mass is 16.5. The topological polar surface area (TPSA) is 47.6 Å². The van der Waals surface area contributed by atoms with E-state index in [1.54, 1.807) is 6.92 Å². The van der Waals surface area contributed by atoms with Crippen LogP contribution in [0.25, 0.3) is 0 Å². The van der Waals surface area contributed by atoms with Crippen LogP contribution in [-0.2, 0) is 9.53 Å². The quantitative estimate of drug-likeness (QED) is 0.744. The number of benzene rings is 1. The van der Waals surface area contributed by atoms with E-state index >= 15 is 0 Å². The van der Waals surface area contributed by atoms with E-state index in [4.69, 9.17) is 9.47 Å². The summed E-state index contributed by atoms with van der Waals surface area (Å²) in [7, 11) is 0. The zero-order valence-electron chi connectivity index (χ0n) is 12.8. The van der Waals surface area contributed by atoms with Crippen molar-refractivity contribution in [1.82, 2.24) is 5.32 Å². The summed E-state index contributed by atoms with van der Waals surface area (Å²) in [6.45, 7) is 8.97. The molecule has 4 nitrogen and oxygen atoms in total. The number of rotatable bonds is 8. The minimum Gasteiger partial charge on any atom is -0.481 e. The third-order valence-corrected chi connectivity index (χ3v) is 2.84. The normalized spacial score (nSPS) is 12.2. The Labute approximate surface area is 121 Å². The number of aryl methyl sites for hydroxylation is 1. The molecule has 0 saturated heterocycles. The van der Waals surface area contributed by atoms with Gasteiger partial charge in [0.15, 0.2) is 6.10 Å². The molecule has 0 bridgehead atoms. The lowest BCUT2D eigenvalue weighted by atomic mass is 10.2. The van der Waals surface area contributed by atoms with Crippen LogP contribution in [-0.4, -0.2) is 31.3 Å². The van der Waals surface area contributed by atoms with Gasteiger partial charge >= 0.3 is 0 Å². The summed E-state index contributed by atoms with van der Waals surface area (Å²) < 4.78 is 11.1. The molecular formula is C16H25NO3. The summed E-state index contributed by atoms with van der Waals surface area (Å²) in [5.74, 6) is 0.649. The van der Waals surface area contributed by atoms with Crippen LogP contribution in [0.15, 0.2) is 24.3 Å². The van der Waals surface area contributed by atoms with Crippen LogP contribution < -0.4 is 10.1 Å². The molecular weight excluding hydrogens is 254 g/mol. The number of para-hydroxylation sites is 1. The van der Waals surface area contributed by atoms with Gasteiger partial charge in [0, 0.05) is 13.2 Å². The van der Waals surface area contributed by atoms with Gasteiger partial charge in [0.25, 0.3) is 5.91 Å². The minimum atomic E-state index is -0.498. The second-order valence-corrected chi connectivity index (χ2v) is 5.09. The van der Waals surface area contributed by atoms with Crippen molar-refractivity contribution >= 4 is 5.91 Å². The van der Waals surface area contributed by atoms with Crippen LogP contribution in [0.1, 0.15) is 32.8 Å². The molecule has 1 aromatic carbocycles.